The van der Waals surface area contributed by atoms with Gasteiger partial charge in [-0.3, -0.25) is 9.59 Å². The van der Waals surface area contributed by atoms with Crippen molar-refractivity contribution in [3.05, 3.63) is 65.2 Å². The van der Waals surface area contributed by atoms with Crippen molar-refractivity contribution < 1.29 is 27.5 Å². The largest absolute Gasteiger partial charge is 0.573 e. The number of alkyl halides is 3. The first kappa shape index (κ1) is 21.7. The SMILES string of the molecule is Cc1ccc(C(=O)N2CCN(C(=O)CCc3ccccc3OC(F)(F)F)CC2)cc1. The van der Waals surface area contributed by atoms with Crippen molar-refractivity contribution in [3.63, 3.8) is 0 Å². The van der Waals surface area contributed by atoms with E-state index in [4.69, 9.17) is 0 Å². The Morgan fingerprint density at radius 2 is 1.53 bits per heavy atom. The maximum atomic E-state index is 12.6. The number of piperazine rings is 1. The molecule has 30 heavy (non-hydrogen) atoms. The molecule has 0 radical (unpaired) electrons. The average molecular weight is 420 g/mol. The van der Waals surface area contributed by atoms with Crippen molar-refractivity contribution in [3.8, 4) is 5.75 Å². The second-order valence-electron chi connectivity index (χ2n) is 7.19. The smallest absolute Gasteiger partial charge is 0.406 e. The maximum absolute atomic E-state index is 12.6. The second kappa shape index (κ2) is 9.19. The Morgan fingerprint density at radius 3 is 2.17 bits per heavy atom. The normalized spacial score (nSPS) is 14.5. The summed E-state index contributed by atoms with van der Waals surface area (Å²) >= 11 is 0. The molecule has 0 bridgehead atoms. The van der Waals surface area contributed by atoms with Crippen molar-refractivity contribution in [2.75, 3.05) is 26.2 Å². The summed E-state index contributed by atoms with van der Waals surface area (Å²) in [5.74, 6) is -0.508. The van der Waals surface area contributed by atoms with Gasteiger partial charge in [0.1, 0.15) is 5.75 Å². The minimum Gasteiger partial charge on any atom is -0.406 e. The lowest BCUT2D eigenvalue weighted by Gasteiger charge is -2.35. The minimum atomic E-state index is -4.78. The number of carbonyl (C=O) groups excluding carboxylic acids is 2. The number of hydrogen-bond acceptors (Lipinski definition) is 3. The fraction of sp³-hybridized carbons (Fsp3) is 0.364. The highest BCUT2D eigenvalue weighted by Crippen LogP contribution is 2.27. The lowest BCUT2D eigenvalue weighted by atomic mass is 10.1. The van der Waals surface area contributed by atoms with Gasteiger partial charge in [-0.25, -0.2) is 0 Å². The van der Waals surface area contributed by atoms with Crippen LogP contribution in [0.4, 0.5) is 13.2 Å². The van der Waals surface area contributed by atoms with Crippen molar-refractivity contribution in [2.24, 2.45) is 0 Å². The summed E-state index contributed by atoms with van der Waals surface area (Å²) in [6, 6.07) is 13.2. The number of aryl methyl sites for hydroxylation is 2. The van der Waals surface area contributed by atoms with Crippen LogP contribution in [0.15, 0.2) is 48.5 Å². The number of halogens is 3. The third-order valence-electron chi connectivity index (χ3n) is 5.02. The van der Waals surface area contributed by atoms with Crippen molar-refractivity contribution in [1.82, 2.24) is 9.80 Å². The van der Waals surface area contributed by atoms with E-state index in [0.717, 1.165) is 5.56 Å². The standard InChI is InChI=1S/C22H23F3N2O3/c1-16-6-8-18(9-7-16)21(29)27-14-12-26(13-15-27)20(28)11-10-17-4-2-3-5-19(17)30-22(23,24)25/h2-9H,10-15H2,1H3. The molecule has 0 spiro atoms. The van der Waals surface area contributed by atoms with E-state index in [2.05, 4.69) is 4.74 Å². The molecular formula is C22H23F3N2O3. The van der Waals surface area contributed by atoms with Gasteiger partial charge in [-0.1, -0.05) is 35.9 Å². The molecule has 160 valence electrons. The molecule has 1 saturated heterocycles. The molecule has 1 fully saturated rings. The quantitative estimate of drug-likeness (QED) is 0.739. The number of benzene rings is 2. The van der Waals surface area contributed by atoms with E-state index in [1.165, 1.54) is 18.2 Å². The summed E-state index contributed by atoms with van der Waals surface area (Å²) in [7, 11) is 0. The zero-order valence-electron chi connectivity index (χ0n) is 16.6. The predicted molar refractivity (Wildman–Crippen MR) is 105 cm³/mol. The van der Waals surface area contributed by atoms with E-state index in [1.807, 2.05) is 19.1 Å². The number of ether oxygens (including phenoxy) is 1. The lowest BCUT2D eigenvalue weighted by molar-refractivity contribution is -0.274. The molecule has 1 aliphatic heterocycles. The summed E-state index contributed by atoms with van der Waals surface area (Å²) in [5, 5.41) is 0. The van der Waals surface area contributed by atoms with Gasteiger partial charge in [0, 0.05) is 38.2 Å². The van der Waals surface area contributed by atoms with E-state index in [1.54, 1.807) is 28.0 Å². The summed E-state index contributed by atoms with van der Waals surface area (Å²) in [5.41, 5.74) is 2.02. The summed E-state index contributed by atoms with van der Waals surface area (Å²) in [6.07, 6.45) is -4.56. The Kier molecular flexibility index (Phi) is 6.64. The number of hydrogen-bond donors (Lipinski definition) is 0. The average Bonchev–Trinajstić information content (AvgIpc) is 2.72. The predicted octanol–water partition coefficient (Wildman–Crippen LogP) is 3.81. The van der Waals surface area contributed by atoms with Crippen LogP contribution in [0.1, 0.15) is 27.9 Å². The maximum Gasteiger partial charge on any atom is 0.573 e. The topological polar surface area (TPSA) is 49.9 Å². The molecule has 0 aliphatic carbocycles. The zero-order chi connectivity index (χ0) is 21.7. The van der Waals surface area contributed by atoms with E-state index in [-0.39, 0.29) is 30.4 Å². The van der Waals surface area contributed by atoms with Crippen LogP contribution in [0.3, 0.4) is 0 Å². The van der Waals surface area contributed by atoms with E-state index in [9.17, 15) is 22.8 Å². The Labute approximate surface area is 173 Å². The molecule has 3 rings (SSSR count). The lowest BCUT2D eigenvalue weighted by Crippen LogP contribution is -2.50. The molecule has 1 heterocycles. The fourth-order valence-corrected chi connectivity index (χ4v) is 3.37. The van der Waals surface area contributed by atoms with Crippen LogP contribution in [0.2, 0.25) is 0 Å². The molecule has 0 aromatic heterocycles. The highest BCUT2D eigenvalue weighted by Gasteiger charge is 2.32. The van der Waals surface area contributed by atoms with Crippen LogP contribution in [-0.2, 0) is 11.2 Å². The molecule has 2 aromatic carbocycles. The number of nitrogens with zero attached hydrogens (tertiary/aromatic N) is 2. The molecule has 1 aliphatic rings. The molecule has 0 atom stereocenters. The third kappa shape index (κ3) is 5.75. The van der Waals surface area contributed by atoms with Gasteiger partial charge < -0.3 is 14.5 Å². The molecule has 5 nitrogen and oxygen atoms in total. The molecular weight excluding hydrogens is 397 g/mol. The number of rotatable bonds is 5. The summed E-state index contributed by atoms with van der Waals surface area (Å²) in [6.45, 7) is 3.60. The molecule has 2 aromatic rings. The van der Waals surface area contributed by atoms with E-state index in [0.29, 0.717) is 37.3 Å². The first-order valence-electron chi connectivity index (χ1n) is 9.70. The molecule has 8 heteroatoms. The van der Waals surface area contributed by atoms with Crippen LogP contribution in [-0.4, -0.2) is 54.2 Å². The van der Waals surface area contributed by atoms with Gasteiger partial charge in [-0.2, -0.15) is 0 Å². The Bertz CT molecular complexity index is 889. The van der Waals surface area contributed by atoms with Gasteiger partial charge in [0.2, 0.25) is 5.91 Å². The van der Waals surface area contributed by atoms with Gasteiger partial charge in [0.25, 0.3) is 5.91 Å². The molecule has 2 amide bonds. The van der Waals surface area contributed by atoms with Gasteiger partial charge >= 0.3 is 6.36 Å². The van der Waals surface area contributed by atoms with Crippen molar-refractivity contribution in [1.29, 1.82) is 0 Å². The van der Waals surface area contributed by atoms with E-state index < -0.39 is 6.36 Å². The Balaban J connectivity index is 1.51. The first-order valence-corrected chi connectivity index (χ1v) is 9.70. The fourth-order valence-electron chi connectivity index (χ4n) is 3.37. The van der Waals surface area contributed by atoms with Crippen LogP contribution in [0.25, 0.3) is 0 Å². The summed E-state index contributed by atoms with van der Waals surface area (Å²) < 4.78 is 41.6. The Hall–Kier alpha value is -3.03. The highest BCUT2D eigenvalue weighted by molar-refractivity contribution is 5.94. The van der Waals surface area contributed by atoms with Crippen LogP contribution in [0, 0.1) is 6.92 Å². The number of carbonyl (C=O) groups is 2. The van der Waals surface area contributed by atoms with Gasteiger partial charge in [-0.15, -0.1) is 13.2 Å². The van der Waals surface area contributed by atoms with Crippen molar-refractivity contribution in [2.45, 2.75) is 26.1 Å². The third-order valence-corrected chi connectivity index (χ3v) is 5.02. The molecule has 0 N–H and O–H groups in total. The van der Waals surface area contributed by atoms with E-state index >= 15 is 0 Å². The Morgan fingerprint density at radius 1 is 0.933 bits per heavy atom. The highest BCUT2D eigenvalue weighted by atomic mass is 19.4. The first-order chi connectivity index (χ1) is 14.2. The van der Waals surface area contributed by atoms with Crippen molar-refractivity contribution >= 4 is 11.8 Å². The monoisotopic (exact) mass is 420 g/mol. The van der Waals surface area contributed by atoms with Gasteiger partial charge in [-0.05, 0) is 37.1 Å². The van der Waals surface area contributed by atoms with Gasteiger partial charge in [0.15, 0.2) is 0 Å². The summed E-state index contributed by atoms with van der Waals surface area (Å²) in [4.78, 5) is 28.4. The van der Waals surface area contributed by atoms with Crippen LogP contribution in [0.5, 0.6) is 5.75 Å². The van der Waals surface area contributed by atoms with Crippen LogP contribution < -0.4 is 4.74 Å². The molecule has 0 unspecified atom stereocenters. The number of amides is 2. The molecule has 0 saturated carbocycles. The van der Waals surface area contributed by atoms with Crippen LogP contribution >= 0.6 is 0 Å². The minimum absolute atomic E-state index is 0.0691. The second-order valence-corrected chi connectivity index (χ2v) is 7.19. The number of para-hydroxylation sites is 1. The zero-order valence-corrected chi connectivity index (χ0v) is 16.6. The van der Waals surface area contributed by atoms with Gasteiger partial charge in [0.05, 0.1) is 0 Å².